The quantitative estimate of drug-likeness (QED) is 0.658. The maximum atomic E-state index is 5.84. The molecule has 0 aromatic heterocycles. The summed E-state index contributed by atoms with van der Waals surface area (Å²) in [5, 5.41) is 3.41. The largest absolute Gasteiger partial charge is 0.497 e. The fraction of sp³-hybridized carbons (Fsp3) is 0.625. The van der Waals surface area contributed by atoms with Crippen molar-refractivity contribution in [3.8, 4) is 5.75 Å². The maximum absolute atomic E-state index is 5.84. The van der Waals surface area contributed by atoms with Crippen LogP contribution in [0.1, 0.15) is 38.7 Å². The Bertz CT molecular complexity index is 324. The molecule has 0 saturated carbocycles. The van der Waals surface area contributed by atoms with Gasteiger partial charge in [0.2, 0.25) is 0 Å². The molecule has 0 aliphatic heterocycles. The van der Waals surface area contributed by atoms with Gasteiger partial charge in [-0.3, -0.25) is 0 Å². The summed E-state index contributed by atoms with van der Waals surface area (Å²) in [6, 6.07) is 8.04. The van der Waals surface area contributed by atoms with Crippen LogP contribution in [0.5, 0.6) is 5.75 Å². The summed E-state index contributed by atoms with van der Waals surface area (Å²) >= 11 is 0. The molecule has 1 N–H and O–H groups in total. The first kappa shape index (κ1) is 16.0. The molecular formula is C16H27NO2. The van der Waals surface area contributed by atoms with Gasteiger partial charge in [-0.25, -0.2) is 0 Å². The van der Waals surface area contributed by atoms with Crippen LogP contribution in [0.2, 0.25) is 0 Å². The lowest BCUT2D eigenvalue weighted by atomic mass is 10.2. The highest BCUT2D eigenvalue weighted by atomic mass is 16.5. The lowest BCUT2D eigenvalue weighted by molar-refractivity contribution is 0.0464. The van der Waals surface area contributed by atoms with Crippen LogP contribution in [0.25, 0.3) is 0 Å². The molecule has 0 saturated heterocycles. The molecule has 19 heavy (non-hydrogen) atoms. The molecule has 1 aromatic rings. The Balaban J connectivity index is 2.13. The van der Waals surface area contributed by atoms with Gasteiger partial charge in [0.05, 0.1) is 19.8 Å². The van der Waals surface area contributed by atoms with Gasteiger partial charge in [0.25, 0.3) is 0 Å². The van der Waals surface area contributed by atoms with Crippen molar-refractivity contribution in [1.82, 2.24) is 5.32 Å². The molecule has 0 radical (unpaired) electrons. The highest BCUT2D eigenvalue weighted by molar-refractivity contribution is 5.26. The van der Waals surface area contributed by atoms with Crippen LogP contribution in [0.4, 0.5) is 0 Å². The highest BCUT2D eigenvalue weighted by Gasteiger charge is 2.02. The summed E-state index contributed by atoms with van der Waals surface area (Å²) in [4.78, 5) is 0. The number of benzene rings is 1. The minimum absolute atomic E-state index is 0.311. The molecule has 0 amide bonds. The normalized spacial score (nSPS) is 12.4. The van der Waals surface area contributed by atoms with E-state index in [1.54, 1.807) is 7.11 Å². The zero-order chi connectivity index (χ0) is 13.9. The molecule has 108 valence electrons. The van der Waals surface area contributed by atoms with E-state index < -0.39 is 0 Å². The van der Waals surface area contributed by atoms with Gasteiger partial charge >= 0.3 is 0 Å². The second-order valence-electron chi connectivity index (χ2n) is 4.86. The van der Waals surface area contributed by atoms with Gasteiger partial charge in [0.1, 0.15) is 5.75 Å². The number of ether oxygens (including phenoxy) is 2. The lowest BCUT2D eigenvalue weighted by Gasteiger charge is -2.13. The Morgan fingerprint density at radius 3 is 2.53 bits per heavy atom. The molecule has 0 fully saturated rings. The van der Waals surface area contributed by atoms with Gasteiger partial charge in [-0.2, -0.15) is 0 Å². The van der Waals surface area contributed by atoms with Gasteiger partial charge in [-0.05, 0) is 57.0 Å². The van der Waals surface area contributed by atoms with Crippen molar-refractivity contribution < 1.29 is 9.47 Å². The summed E-state index contributed by atoms with van der Waals surface area (Å²) in [6.45, 7) is 7.20. The monoisotopic (exact) mass is 265 g/mol. The molecule has 1 rings (SSSR count). The molecule has 3 heteroatoms. The van der Waals surface area contributed by atoms with Crippen molar-refractivity contribution in [3.05, 3.63) is 29.8 Å². The zero-order valence-electron chi connectivity index (χ0n) is 12.4. The molecule has 0 bridgehead atoms. The van der Waals surface area contributed by atoms with Gasteiger partial charge in [-0.15, -0.1) is 0 Å². The first-order valence-electron chi connectivity index (χ1n) is 7.21. The van der Waals surface area contributed by atoms with Crippen LogP contribution in [0.15, 0.2) is 24.3 Å². The van der Waals surface area contributed by atoms with Crippen molar-refractivity contribution in [2.24, 2.45) is 0 Å². The topological polar surface area (TPSA) is 30.5 Å². The van der Waals surface area contributed by atoms with E-state index in [0.717, 1.165) is 25.3 Å². The summed E-state index contributed by atoms with van der Waals surface area (Å²) in [6.07, 6.45) is 3.78. The molecular weight excluding hydrogens is 238 g/mol. The smallest absolute Gasteiger partial charge is 0.118 e. The SMILES string of the molecule is CCCNCCCC(C)OCc1ccc(OC)cc1. The molecule has 1 aromatic carbocycles. The van der Waals surface area contributed by atoms with E-state index in [-0.39, 0.29) is 0 Å². The third kappa shape index (κ3) is 7.19. The van der Waals surface area contributed by atoms with E-state index in [1.807, 2.05) is 24.3 Å². The van der Waals surface area contributed by atoms with E-state index in [2.05, 4.69) is 19.2 Å². The summed E-state index contributed by atoms with van der Waals surface area (Å²) < 4.78 is 11.0. The van der Waals surface area contributed by atoms with Crippen molar-refractivity contribution in [2.45, 2.75) is 45.8 Å². The Morgan fingerprint density at radius 1 is 1.16 bits per heavy atom. The average Bonchev–Trinajstić information content (AvgIpc) is 2.45. The van der Waals surface area contributed by atoms with Crippen LogP contribution in [0.3, 0.4) is 0 Å². The fourth-order valence-electron chi connectivity index (χ4n) is 1.86. The highest BCUT2D eigenvalue weighted by Crippen LogP contribution is 2.13. The van der Waals surface area contributed by atoms with Crippen molar-refractivity contribution in [2.75, 3.05) is 20.2 Å². The first-order chi connectivity index (χ1) is 9.26. The summed E-state index contributed by atoms with van der Waals surface area (Å²) in [5.74, 6) is 0.888. The predicted octanol–water partition coefficient (Wildman–Crippen LogP) is 3.38. The maximum Gasteiger partial charge on any atom is 0.118 e. The Labute approximate surface area is 117 Å². The standard InChI is InChI=1S/C16H27NO2/c1-4-11-17-12-5-6-14(2)19-13-15-7-9-16(18-3)10-8-15/h7-10,14,17H,4-6,11-13H2,1-3H3. The molecule has 1 unspecified atom stereocenters. The van der Waals surface area contributed by atoms with Crippen molar-refractivity contribution in [1.29, 1.82) is 0 Å². The van der Waals surface area contributed by atoms with Crippen LogP contribution in [0, 0.1) is 0 Å². The van der Waals surface area contributed by atoms with E-state index in [9.17, 15) is 0 Å². The average molecular weight is 265 g/mol. The number of hydrogen-bond acceptors (Lipinski definition) is 3. The van der Waals surface area contributed by atoms with Gasteiger partial charge in [-0.1, -0.05) is 19.1 Å². The third-order valence-corrected chi connectivity index (χ3v) is 3.08. The van der Waals surface area contributed by atoms with Crippen LogP contribution < -0.4 is 10.1 Å². The number of nitrogens with one attached hydrogen (secondary N) is 1. The predicted molar refractivity (Wildman–Crippen MR) is 79.6 cm³/mol. The van der Waals surface area contributed by atoms with E-state index in [0.29, 0.717) is 12.7 Å². The molecule has 1 atom stereocenters. The first-order valence-corrected chi connectivity index (χ1v) is 7.21. The molecule has 0 spiro atoms. The number of hydrogen-bond donors (Lipinski definition) is 1. The third-order valence-electron chi connectivity index (χ3n) is 3.08. The lowest BCUT2D eigenvalue weighted by Crippen LogP contribution is -2.18. The number of rotatable bonds is 10. The minimum atomic E-state index is 0.311. The van der Waals surface area contributed by atoms with E-state index in [4.69, 9.17) is 9.47 Å². The van der Waals surface area contributed by atoms with Gasteiger partial charge < -0.3 is 14.8 Å². The van der Waals surface area contributed by atoms with Crippen molar-refractivity contribution in [3.63, 3.8) is 0 Å². The zero-order valence-corrected chi connectivity index (χ0v) is 12.4. The molecule has 3 nitrogen and oxygen atoms in total. The summed E-state index contributed by atoms with van der Waals surface area (Å²) in [5.41, 5.74) is 1.19. The van der Waals surface area contributed by atoms with Crippen molar-refractivity contribution >= 4 is 0 Å². The second-order valence-corrected chi connectivity index (χ2v) is 4.86. The van der Waals surface area contributed by atoms with E-state index >= 15 is 0 Å². The second kappa shape index (κ2) is 9.82. The fourth-order valence-corrected chi connectivity index (χ4v) is 1.86. The molecule has 0 heterocycles. The van der Waals surface area contributed by atoms with Gasteiger partial charge in [0, 0.05) is 0 Å². The Hall–Kier alpha value is -1.06. The molecule has 0 aliphatic carbocycles. The minimum Gasteiger partial charge on any atom is -0.497 e. The number of methoxy groups -OCH3 is 1. The van der Waals surface area contributed by atoms with Crippen LogP contribution in [-0.2, 0) is 11.3 Å². The van der Waals surface area contributed by atoms with Gasteiger partial charge in [0.15, 0.2) is 0 Å². The Kier molecular flexibility index (Phi) is 8.26. The van der Waals surface area contributed by atoms with Crippen LogP contribution in [-0.4, -0.2) is 26.3 Å². The summed E-state index contributed by atoms with van der Waals surface area (Å²) in [7, 11) is 1.68. The molecule has 0 aliphatic rings. The van der Waals surface area contributed by atoms with E-state index in [1.165, 1.54) is 18.4 Å². The van der Waals surface area contributed by atoms with Crippen LogP contribution >= 0.6 is 0 Å². The Morgan fingerprint density at radius 2 is 1.89 bits per heavy atom.